The summed E-state index contributed by atoms with van der Waals surface area (Å²) in [7, 11) is -4.53. The summed E-state index contributed by atoms with van der Waals surface area (Å²) in [5.74, 6) is 10.3. The predicted molar refractivity (Wildman–Crippen MR) is 351 cm³/mol. The predicted octanol–water partition coefficient (Wildman–Crippen LogP) is 19.4. The molecular formula is C72H119BrO6Si3. The van der Waals surface area contributed by atoms with Gasteiger partial charge in [0.05, 0.1) is 17.2 Å². The summed E-state index contributed by atoms with van der Waals surface area (Å²) in [5.41, 5.74) is 6.98. The molecule has 9 unspecified atom stereocenters. The number of allylic oxidation sites excluding steroid dienone is 4. The van der Waals surface area contributed by atoms with Crippen molar-refractivity contribution in [2.75, 3.05) is 5.33 Å². The average Bonchev–Trinajstić information content (AvgIpc) is 3.97. The van der Waals surface area contributed by atoms with E-state index in [1.54, 1.807) is 16.7 Å². The van der Waals surface area contributed by atoms with Crippen LogP contribution in [0.5, 0.6) is 0 Å². The summed E-state index contributed by atoms with van der Waals surface area (Å²) in [6.07, 6.45) is 38.0. The molecule has 0 saturated heterocycles. The van der Waals surface area contributed by atoms with E-state index in [2.05, 4.69) is 141 Å². The number of carbonyl (C=O) groups is 2. The summed E-state index contributed by atoms with van der Waals surface area (Å²) < 4.78 is 19.5. The van der Waals surface area contributed by atoms with Crippen LogP contribution in [-0.2, 0) is 22.9 Å². The number of hydrogen-bond acceptors (Lipinski definition) is 6. The molecule has 12 aliphatic carbocycles. The van der Waals surface area contributed by atoms with Crippen LogP contribution in [0, 0.1) is 104 Å². The smallest absolute Gasteiger partial charge is 0.241 e. The molecule has 0 aromatic carbocycles. The van der Waals surface area contributed by atoms with Crippen LogP contribution in [0.25, 0.3) is 0 Å². The lowest BCUT2D eigenvalue weighted by Gasteiger charge is -2.58. The highest BCUT2D eigenvalue weighted by molar-refractivity contribution is 9.09. The number of aliphatic hydroxyl groups excluding tert-OH is 1. The Morgan fingerprint density at radius 2 is 0.866 bits per heavy atom. The van der Waals surface area contributed by atoms with Gasteiger partial charge in [0, 0.05) is 30.0 Å². The number of hydrogen-bond donors (Lipinski definition) is 1. The number of fused-ring (bicyclic) bond motifs is 15. The van der Waals surface area contributed by atoms with Crippen LogP contribution in [0.3, 0.4) is 0 Å². The zero-order valence-electron chi connectivity index (χ0n) is 55.1. The Morgan fingerprint density at radius 1 is 0.500 bits per heavy atom. The summed E-state index contributed by atoms with van der Waals surface area (Å²) in [6.45, 7) is 42.2. The number of alkyl halides is 1. The van der Waals surface area contributed by atoms with Crippen LogP contribution in [0.4, 0.5) is 0 Å². The summed E-state index contributed by atoms with van der Waals surface area (Å²) in [4.78, 5) is 24.8. The largest absolute Gasteiger partial charge is 0.548 e. The van der Waals surface area contributed by atoms with Crippen LogP contribution < -0.4 is 0 Å². The van der Waals surface area contributed by atoms with Gasteiger partial charge in [-0.05, 0) is 306 Å². The van der Waals surface area contributed by atoms with E-state index in [9.17, 15) is 14.7 Å². The standard InChI is InChI=1S/C27H48O2Si2.C24H39BrO2Si.C21H32O2/c1-19(28-30(4,5)6)23-12-13-24-22-11-10-20-18-21(29-31(7,8)9)14-16-26(20,2)25(22)15-17-27(23,24)3;1-23-12-10-17(27-28(3,4)5)14-16(23)6-7-18-19-8-9-21(22(26)15-25)24(19,2)13-11-20(18)23;1-13(22)17-6-7-18-16-5-4-14-12-15(23)8-10-20(14,2)19(16)9-11-21(17,18)3/h10,21-25H,1,11-18H2,2-9H3;6,17-21H,7-15H2,1-5H3;4,15-19,23H,5-12H2,1-3H3/t21-,22?,23+,24?,25?,26-,27+;17-,18?,19?,20?,21+,23-,24-;15-,16?,17+,18?,19?,20-,21+/m000/s1. The van der Waals surface area contributed by atoms with Crippen molar-refractivity contribution >= 4 is 52.4 Å². The Labute approximate surface area is 513 Å². The number of ketones is 2. The molecule has 462 valence electrons. The van der Waals surface area contributed by atoms with Crippen LogP contribution >= 0.6 is 15.9 Å². The van der Waals surface area contributed by atoms with Crippen LogP contribution in [0.1, 0.15) is 203 Å². The molecule has 10 heteroatoms. The fraction of sp³-hybridized carbons (Fsp3) is 0.861. The van der Waals surface area contributed by atoms with Crippen molar-refractivity contribution in [1.29, 1.82) is 0 Å². The monoisotopic (exact) mass is 1240 g/mol. The lowest BCUT2D eigenvalue weighted by atomic mass is 9.47. The third kappa shape index (κ3) is 11.8. The maximum absolute atomic E-state index is 12.6. The molecule has 12 aliphatic rings. The lowest BCUT2D eigenvalue weighted by molar-refractivity contribution is -0.128. The molecule has 0 aromatic heterocycles. The van der Waals surface area contributed by atoms with E-state index in [1.807, 2.05) is 6.92 Å². The second-order valence-electron chi connectivity index (χ2n) is 34.8. The first-order valence-electron chi connectivity index (χ1n) is 34.3. The number of aliphatic hydroxyl groups is 1. The van der Waals surface area contributed by atoms with E-state index < -0.39 is 25.0 Å². The van der Waals surface area contributed by atoms with Gasteiger partial charge in [-0.25, -0.2) is 0 Å². The number of halogens is 1. The van der Waals surface area contributed by atoms with Crippen molar-refractivity contribution in [3.05, 3.63) is 47.3 Å². The minimum absolute atomic E-state index is 0.117. The summed E-state index contributed by atoms with van der Waals surface area (Å²) in [6, 6.07) is 0. The van der Waals surface area contributed by atoms with Gasteiger partial charge in [0.1, 0.15) is 11.6 Å². The highest BCUT2D eigenvalue weighted by atomic mass is 79.9. The number of rotatable bonds is 10. The van der Waals surface area contributed by atoms with Crippen molar-refractivity contribution in [2.24, 2.45) is 104 Å². The Bertz CT molecular complexity index is 2500. The van der Waals surface area contributed by atoms with Gasteiger partial charge >= 0.3 is 0 Å². The topological polar surface area (TPSA) is 82.1 Å². The van der Waals surface area contributed by atoms with Crippen molar-refractivity contribution in [1.82, 2.24) is 0 Å². The van der Waals surface area contributed by atoms with Gasteiger partial charge in [-0.15, -0.1) is 0 Å². The van der Waals surface area contributed by atoms with E-state index in [-0.39, 0.29) is 22.9 Å². The molecule has 12 rings (SSSR count). The zero-order chi connectivity index (χ0) is 59.5. The first-order chi connectivity index (χ1) is 38.2. The van der Waals surface area contributed by atoms with Gasteiger partial charge < -0.3 is 18.4 Å². The first kappa shape index (κ1) is 64.1. The average molecular weight is 1240 g/mol. The molecule has 0 aromatic rings. The van der Waals surface area contributed by atoms with E-state index in [0.717, 1.165) is 97.5 Å². The van der Waals surface area contributed by atoms with Gasteiger partial charge in [0.15, 0.2) is 16.6 Å². The molecular weight excluding hydrogens is 1120 g/mol. The number of Topliss-reactive ketones (excluding diaryl/α,β-unsaturated/α-hetero) is 2. The van der Waals surface area contributed by atoms with E-state index in [0.29, 0.717) is 62.6 Å². The highest BCUT2D eigenvalue weighted by Gasteiger charge is 2.63. The maximum atomic E-state index is 12.6. The summed E-state index contributed by atoms with van der Waals surface area (Å²) in [5, 5.41) is 10.6. The zero-order valence-corrected chi connectivity index (χ0v) is 59.7. The SMILES string of the molecule is C=C(O[Si](C)(C)C)[C@H]1CCC2C3CC=C4C[C@@H](O[Si](C)(C)C)CC[C@]4(C)C3CC[C@@]21C.CC(=O)[C@H]1CCC2C3CC=C4C[C@@H](O)CC[C@]4(C)C3CC[C@@]21C.C[C@]12CC[C@H](O[Si](C)(C)C)CC1=CCC1C2CC[C@@]2(C)C1CC[C@@H]2C(=O)CBr. The van der Waals surface area contributed by atoms with E-state index in [4.69, 9.17) is 13.3 Å². The van der Waals surface area contributed by atoms with Crippen molar-refractivity contribution in [3.63, 3.8) is 0 Å². The van der Waals surface area contributed by atoms with Crippen LogP contribution in [0.15, 0.2) is 47.3 Å². The van der Waals surface area contributed by atoms with Gasteiger partial charge in [-0.2, -0.15) is 0 Å². The Hall–Kier alpha value is -0.889. The second kappa shape index (κ2) is 23.2. The molecule has 0 radical (unpaired) electrons. The number of carbonyl (C=O) groups excluding carboxylic acids is 2. The summed E-state index contributed by atoms with van der Waals surface area (Å²) >= 11 is 3.45. The molecule has 82 heavy (non-hydrogen) atoms. The first-order valence-corrected chi connectivity index (χ1v) is 45.6. The van der Waals surface area contributed by atoms with Crippen LogP contribution in [-0.4, -0.2) is 65.3 Å². The molecule has 0 amide bonds. The Kier molecular flexibility index (Phi) is 18.1. The van der Waals surface area contributed by atoms with Gasteiger partial charge in [-0.3, -0.25) is 9.59 Å². The molecule has 9 saturated carbocycles. The van der Waals surface area contributed by atoms with E-state index >= 15 is 0 Å². The van der Waals surface area contributed by atoms with E-state index in [1.165, 1.54) is 116 Å². The molecule has 0 spiro atoms. The molecule has 0 bridgehead atoms. The fourth-order valence-corrected chi connectivity index (χ4v) is 27.1. The fourth-order valence-electron chi connectivity index (χ4n) is 23.4. The molecule has 0 heterocycles. The third-order valence-electron chi connectivity index (χ3n) is 27.1. The molecule has 9 fully saturated rings. The lowest BCUT2D eigenvalue weighted by Crippen LogP contribution is -2.51. The maximum Gasteiger partial charge on any atom is 0.241 e. The van der Waals surface area contributed by atoms with Gasteiger partial charge in [-0.1, -0.05) is 99.0 Å². The third-order valence-corrected chi connectivity index (χ3v) is 30.6. The second-order valence-corrected chi connectivity index (χ2v) is 48.7. The molecule has 1 N–H and O–H groups in total. The minimum atomic E-state index is -1.59. The Balaban J connectivity index is 0.000000139. The highest BCUT2D eigenvalue weighted by Crippen LogP contribution is 2.70. The normalized spacial score (nSPS) is 46.4. The van der Waals surface area contributed by atoms with Gasteiger partial charge in [0.2, 0.25) is 8.32 Å². The molecule has 21 atom stereocenters. The quantitative estimate of drug-likeness (QED) is 0.102. The van der Waals surface area contributed by atoms with Crippen molar-refractivity contribution in [2.45, 2.75) is 280 Å². The van der Waals surface area contributed by atoms with Gasteiger partial charge in [0.25, 0.3) is 0 Å². The molecule has 0 aliphatic heterocycles. The Morgan fingerprint density at radius 3 is 1.26 bits per heavy atom. The molecule has 6 nitrogen and oxygen atoms in total. The van der Waals surface area contributed by atoms with Crippen LogP contribution in [0.2, 0.25) is 58.9 Å². The van der Waals surface area contributed by atoms with Crippen molar-refractivity contribution < 1.29 is 28.0 Å². The minimum Gasteiger partial charge on any atom is -0.548 e. The van der Waals surface area contributed by atoms with Crippen molar-refractivity contribution in [3.8, 4) is 0 Å².